The molecule has 2 N–H and O–H groups in total. The molecule has 108 valence electrons. The molecule has 3 nitrogen and oxygen atoms in total. The second-order valence-electron chi connectivity index (χ2n) is 6.24. The summed E-state index contributed by atoms with van der Waals surface area (Å²) >= 11 is 0. The summed E-state index contributed by atoms with van der Waals surface area (Å²) in [5.74, 6) is 0.717. The zero-order valence-corrected chi connectivity index (χ0v) is 11.8. The quantitative estimate of drug-likeness (QED) is 0.886. The summed E-state index contributed by atoms with van der Waals surface area (Å²) in [6.45, 7) is 0. The van der Waals surface area contributed by atoms with Crippen molar-refractivity contribution in [2.75, 3.05) is 0 Å². The summed E-state index contributed by atoms with van der Waals surface area (Å²) < 4.78 is 0. The van der Waals surface area contributed by atoms with Gasteiger partial charge in [0.25, 0.3) is 0 Å². The minimum absolute atomic E-state index is 0.0167. The van der Waals surface area contributed by atoms with Crippen LogP contribution in [0, 0.1) is 5.92 Å². The van der Waals surface area contributed by atoms with E-state index in [2.05, 4.69) is 17.4 Å². The van der Waals surface area contributed by atoms with Crippen molar-refractivity contribution in [3.63, 3.8) is 0 Å². The Hall–Kier alpha value is -1.35. The lowest BCUT2D eigenvalue weighted by molar-refractivity contribution is -0.124. The van der Waals surface area contributed by atoms with Gasteiger partial charge in [-0.05, 0) is 50.0 Å². The predicted molar refractivity (Wildman–Crippen MR) is 78.3 cm³/mol. The number of hydrogen-bond acceptors (Lipinski definition) is 2. The topological polar surface area (TPSA) is 49.3 Å². The van der Waals surface area contributed by atoms with E-state index in [1.54, 1.807) is 0 Å². The van der Waals surface area contributed by atoms with Crippen LogP contribution in [-0.2, 0) is 4.79 Å². The molecule has 2 aliphatic rings. The van der Waals surface area contributed by atoms with Gasteiger partial charge in [-0.2, -0.15) is 0 Å². The second kappa shape index (κ2) is 5.96. The van der Waals surface area contributed by atoms with Gasteiger partial charge in [-0.1, -0.05) is 30.3 Å². The summed E-state index contributed by atoms with van der Waals surface area (Å²) in [5, 5.41) is 12.7. The highest BCUT2D eigenvalue weighted by atomic mass is 16.3. The number of amides is 1. The minimum Gasteiger partial charge on any atom is -0.393 e. The molecule has 2 fully saturated rings. The average Bonchev–Trinajstić information content (AvgIpc) is 3.28. The third-order valence-corrected chi connectivity index (χ3v) is 4.58. The third-order valence-electron chi connectivity index (χ3n) is 4.58. The zero-order chi connectivity index (χ0) is 13.9. The average molecular weight is 273 g/mol. The van der Waals surface area contributed by atoms with Gasteiger partial charge >= 0.3 is 0 Å². The third kappa shape index (κ3) is 3.21. The summed E-state index contributed by atoms with van der Waals surface area (Å²) in [5.41, 5.74) is 1.14. The molecule has 20 heavy (non-hydrogen) atoms. The Balaban J connectivity index is 1.64. The van der Waals surface area contributed by atoms with Crippen LogP contribution in [0.5, 0.6) is 0 Å². The molecule has 1 atom stereocenters. The van der Waals surface area contributed by atoms with Gasteiger partial charge in [0.1, 0.15) is 0 Å². The Morgan fingerprint density at radius 1 is 1.05 bits per heavy atom. The molecule has 1 unspecified atom stereocenters. The van der Waals surface area contributed by atoms with Crippen LogP contribution in [0.1, 0.15) is 50.0 Å². The minimum atomic E-state index is -0.170. The first-order valence-electron chi connectivity index (χ1n) is 7.77. The first-order valence-corrected chi connectivity index (χ1v) is 7.77. The van der Waals surface area contributed by atoms with Crippen molar-refractivity contribution in [3.05, 3.63) is 35.9 Å². The van der Waals surface area contributed by atoms with Gasteiger partial charge in [-0.25, -0.2) is 0 Å². The number of benzene rings is 1. The van der Waals surface area contributed by atoms with Crippen LogP contribution in [0.4, 0.5) is 0 Å². The maximum absolute atomic E-state index is 12.6. The van der Waals surface area contributed by atoms with Crippen LogP contribution in [0.3, 0.4) is 0 Å². The van der Waals surface area contributed by atoms with Crippen LogP contribution in [-0.4, -0.2) is 23.2 Å². The van der Waals surface area contributed by atoms with E-state index in [1.807, 2.05) is 18.2 Å². The lowest BCUT2D eigenvalue weighted by atomic mass is 9.90. The van der Waals surface area contributed by atoms with Crippen molar-refractivity contribution in [2.24, 2.45) is 5.92 Å². The molecule has 0 heterocycles. The van der Waals surface area contributed by atoms with E-state index in [4.69, 9.17) is 0 Å². The van der Waals surface area contributed by atoms with Gasteiger partial charge in [0.15, 0.2) is 0 Å². The number of hydrogen-bond donors (Lipinski definition) is 2. The van der Waals surface area contributed by atoms with Crippen molar-refractivity contribution in [2.45, 2.75) is 56.6 Å². The highest BCUT2D eigenvalue weighted by Crippen LogP contribution is 2.42. The molecule has 0 spiro atoms. The Morgan fingerprint density at radius 2 is 1.70 bits per heavy atom. The van der Waals surface area contributed by atoms with Gasteiger partial charge in [-0.3, -0.25) is 4.79 Å². The molecule has 1 aromatic carbocycles. The SMILES string of the molecule is O=C(NC1CCC(O)CC1)C(c1ccccc1)C1CC1. The highest BCUT2D eigenvalue weighted by molar-refractivity contribution is 5.84. The van der Waals surface area contributed by atoms with Crippen LogP contribution >= 0.6 is 0 Å². The molecule has 2 saturated carbocycles. The van der Waals surface area contributed by atoms with Crippen molar-refractivity contribution in [3.8, 4) is 0 Å². The molecule has 3 heteroatoms. The molecule has 0 radical (unpaired) electrons. The molecule has 1 amide bonds. The molecule has 0 bridgehead atoms. The van der Waals surface area contributed by atoms with Gasteiger partial charge in [0.05, 0.1) is 12.0 Å². The fourth-order valence-corrected chi connectivity index (χ4v) is 3.24. The Bertz CT molecular complexity index is 447. The first-order chi connectivity index (χ1) is 9.74. The van der Waals surface area contributed by atoms with E-state index in [1.165, 1.54) is 0 Å². The largest absolute Gasteiger partial charge is 0.393 e. The number of carbonyl (C=O) groups excluding carboxylic acids is 1. The normalized spacial score (nSPS) is 27.9. The van der Waals surface area contributed by atoms with Gasteiger partial charge in [-0.15, -0.1) is 0 Å². The Kier molecular flexibility index (Phi) is 4.06. The van der Waals surface area contributed by atoms with Gasteiger partial charge in [0, 0.05) is 6.04 Å². The summed E-state index contributed by atoms with van der Waals surface area (Å²) in [6.07, 6.45) is 5.58. The van der Waals surface area contributed by atoms with Crippen molar-refractivity contribution in [1.82, 2.24) is 5.32 Å². The Morgan fingerprint density at radius 3 is 2.30 bits per heavy atom. The summed E-state index contributed by atoms with van der Waals surface area (Å²) in [7, 11) is 0. The molecule has 0 aliphatic heterocycles. The number of nitrogens with one attached hydrogen (secondary N) is 1. The number of aliphatic hydroxyl groups is 1. The van der Waals surface area contributed by atoms with E-state index in [9.17, 15) is 9.90 Å². The van der Waals surface area contributed by atoms with Crippen molar-refractivity contribution >= 4 is 5.91 Å². The zero-order valence-electron chi connectivity index (χ0n) is 11.8. The number of aliphatic hydroxyl groups excluding tert-OH is 1. The fourth-order valence-electron chi connectivity index (χ4n) is 3.24. The lowest BCUT2D eigenvalue weighted by Gasteiger charge is -2.28. The molecule has 1 aromatic rings. The molecule has 3 rings (SSSR count). The van der Waals surface area contributed by atoms with Crippen LogP contribution in [0.25, 0.3) is 0 Å². The van der Waals surface area contributed by atoms with E-state index in [0.717, 1.165) is 44.1 Å². The van der Waals surface area contributed by atoms with Crippen LogP contribution in [0.15, 0.2) is 30.3 Å². The standard InChI is InChI=1S/C17H23NO2/c19-15-10-8-14(9-11-15)18-17(20)16(13-6-7-13)12-4-2-1-3-5-12/h1-5,13-16,19H,6-11H2,(H,18,20). The van der Waals surface area contributed by atoms with Crippen LogP contribution < -0.4 is 5.32 Å². The summed E-state index contributed by atoms with van der Waals surface area (Å²) in [4.78, 5) is 12.6. The lowest BCUT2D eigenvalue weighted by Crippen LogP contribution is -2.41. The van der Waals surface area contributed by atoms with Gasteiger partial charge < -0.3 is 10.4 Å². The van der Waals surface area contributed by atoms with E-state index < -0.39 is 0 Å². The van der Waals surface area contributed by atoms with Crippen molar-refractivity contribution in [1.29, 1.82) is 0 Å². The number of rotatable bonds is 4. The molecular weight excluding hydrogens is 250 g/mol. The maximum atomic E-state index is 12.6. The van der Waals surface area contributed by atoms with E-state index >= 15 is 0 Å². The Labute approximate surface area is 120 Å². The van der Waals surface area contributed by atoms with Gasteiger partial charge in [0.2, 0.25) is 5.91 Å². The molecule has 2 aliphatic carbocycles. The fraction of sp³-hybridized carbons (Fsp3) is 0.588. The highest BCUT2D eigenvalue weighted by Gasteiger charge is 2.38. The van der Waals surface area contributed by atoms with E-state index in [-0.39, 0.29) is 24.0 Å². The maximum Gasteiger partial charge on any atom is 0.228 e. The molecular formula is C17H23NO2. The smallest absolute Gasteiger partial charge is 0.228 e. The molecule has 0 aromatic heterocycles. The second-order valence-corrected chi connectivity index (χ2v) is 6.24. The number of carbonyl (C=O) groups is 1. The predicted octanol–water partition coefficient (Wildman–Crippen LogP) is 2.60. The first kappa shape index (κ1) is 13.6. The van der Waals surface area contributed by atoms with E-state index in [0.29, 0.717) is 5.92 Å². The van der Waals surface area contributed by atoms with Crippen molar-refractivity contribution < 1.29 is 9.90 Å². The monoisotopic (exact) mass is 273 g/mol. The summed E-state index contributed by atoms with van der Waals surface area (Å²) in [6, 6.07) is 10.4. The van der Waals surface area contributed by atoms with Crippen LogP contribution in [0.2, 0.25) is 0 Å². The molecule has 0 saturated heterocycles.